The largest absolute Gasteiger partial charge is 0.508 e. The lowest BCUT2D eigenvalue weighted by molar-refractivity contribution is 0.0940. The van der Waals surface area contributed by atoms with Gasteiger partial charge in [0.2, 0.25) is 0 Å². The minimum Gasteiger partial charge on any atom is -0.508 e. The summed E-state index contributed by atoms with van der Waals surface area (Å²) in [6.07, 6.45) is 4.07. The molecule has 0 saturated heterocycles. The highest BCUT2D eigenvalue weighted by atomic mass is 16.3. The minimum absolute atomic E-state index is 0.0599. The van der Waals surface area contributed by atoms with Gasteiger partial charge >= 0.3 is 0 Å². The molecule has 0 aromatic heterocycles. The zero-order valence-corrected chi connectivity index (χ0v) is 10.8. The quantitative estimate of drug-likeness (QED) is 0.662. The van der Waals surface area contributed by atoms with Crippen molar-refractivity contribution in [2.75, 3.05) is 6.54 Å². The van der Waals surface area contributed by atoms with Crippen molar-refractivity contribution in [1.82, 2.24) is 5.32 Å². The van der Waals surface area contributed by atoms with Crippen LogP contribution in [-0.4, -0.2) is 28.7 Å². The Bertz CT molecular complexity index is 454. The summed E-state index contributed by atoms with van der Waals surface area (Å²) in [4.78, 5) is 11.9. The normalized spacial score (nSPS) is 23.0. The molecule has 0 atom stereocenters. The number of phenols is 2. The molecule has 1 fully saturated rings. The number of hydrogen-bond acceptors (Lipinski definition) is 4. The van der Waals surface area contributed by atoms with Crippen LogP contribution in [0.5, 0.6) is 11.5 Å². The van der Waals surface area contributed by atoms with Gasteiger partial charge in [-0.15, -0.1) is 0 Å². The first-order chi connectivity index (χ1) is 9.06. The maximum absolute atomic E-state index is 11.9. The Hall–Kier alpha value is -1.75. The molecule has 0 radical (unpaired) electrons. The van der Waals surface area contributed by atoms with Crippen molar-refractivity contribution in [2.24, 2.45) is 11.7 Å². The topological polar surface area (TPSA) is 95.6 Å². The molecule has 0 spiro atoms. The lowest BCUT2D eigenvalue weighted by Crippen LogP contribution is -2.34. The van der Waals surface area contributed by atoms with Crippen molar-refractivity contribution >= 4 is 5.91 Å². The molecule has 1 aliphatic carbocycles. The predicted molar refractivity (Wildman–Crippen MR) is 72.0 cm³/mol. The fourth-order valence-electron chi connectivity index (χ4n) is 2.44. The number of nitrogens with two attached hydrogens (primary N) is 1. The van der Waals surface area contributed by atoms with E-state index < -0.39 is 0 Å². The van der Waals surface area contributed by atoms with E-state index in [2.05, 4.69) is 5.32 Å². The number of carbonyl (C=O) groups is 1. The van der Waals surface area contributed by atoms with E-state index in [1.165, 1.54) is 12.1 Å². The third kappa shape index (κ3) is 3.61. The number of amides is 1. The number of phenolic OH excluding ortho intramolecular Hbond substituents is 2. The second-order valence-corrected chi connectivity index (χ2v) is 5.19. The average Bonchev–Trinajstić information content (AvgIpc) is 2.37. The van der Waals surface area contributed by atoms with Crippen molar-refractivity contribution in [3.63, 3.8) is 0 Å². The molecule has 1 saturated carbocycles. The fraction of sp³-hybridized carbons (Fsp3) is 0.500. The van der Waals surface area contributed by atoms with E-state index >= 15 is 0 Å². The van der Waals surface area contributed by atoms with E-state index in [0.29, 0.717) is 18.5 Å². The average molecular weight is 264 g/mol. The van der Waals surface area contributed by atoms with Gasteiger partial charge < -0.3 is 21.3 Å². The number of rotatable bonds is 3. The van der Waals surface area contributed by atoms with E-state index in [4.69, 9.17) is 5.73 Å². The highest BCUT2D eigenvalue weighted by Crippen LogP contribution is 2.24. The number of carbonyl (C=O) groups excluding carboxylic acids is 1. The molecule has 19 heavy (non-hydrogen) atoms. The number of aromatic hydroxyl groups is 2. The van der Waals surface area contributed by atoms with E-state index in [-0.39, 0.29) is 23.0 Å². The lowest BCUT2D eigenvalue weighted by atomic mass is 9.86. The Balaban J connectivity index is 1.87. The first-order valence-corrected chi connectivity index (χ1v) is 6.62. The van der Waals surface area contributed by atoms with Gasteiger partial charge in [-0.3, -0.25) is 4.79 Å². The van der Waals surface area contributed by atoms with E-state index in [1.807, 2.05) is 0 Å². The summed E-state index contributed by atoms with van der Waals surface area (Å²) in [5, 5.41) is 21.6. The molecule has 1 amide bonds. The smallest absolute Gasteiger partial charge is 0.255 e. The van der Waals surface area contributed by atoms with Crippen LogP contribution in [0, 0.1) is 5.92 Å². The van der Waals surface area contributed by atoms with Crippen LogP contribution in [0.3, 0.4) is 0 Å². The van der Waals surface area contributed by atoms with E-state index in [0.717, 1.165) is 31.7 Å². The summed E-state index contributed by atoms with van der Waals surface area (Å²) in [6, 6.07) is 4.26. The molecule has 0 bridgehead atoms. The van der Waals surface area contributed by atoms with Crippen molar-refractivity contribution in [3.8, 4) is 11.5 Å². The summed E-state index contributed by atoms with van der Waals surface area (Å²) in [5.41, 5.74) is 6.02. The lowest BCUT2D eigenvalue weighted by Gasteiger charge is -2.26. The van der Waals surface area contributed by atoms with Crippen molar-refractivity contribution < 1.29 is 15.0 Å². The summed E-state index contributed by atoms with van der Waals surface area (Å²) < 4.78 is 0. The summed E-state index contributed by atoms with van der Waals surface area (Å²) in [7, 11) is 0. The van der Waals surface area contributed by atoms with Gasteiger partial charge in [-0.25, -0.2) is 0 Å². The molecular weight excluding hydrogens is 244 g/mol. The van der Waals surface area contributed by atoms with Gasteiger partial charge in [0.25, 0.3) is 5.91 Å². The molecule has 5 nitrogen and oxygen atoms in total. The molecule has 1 aromatic rings. The van der Waals surface area contributed by atoms with Gasteiger partial charge in [-0.05, 0) is 43.7 Å². The Kier molecular flexibility index (Phi) is 4.27. The third-order valence-electron chi connectivity index (χ3n) is 3.67. The van der Waals surface area contributed by atoms with Crippen LogP contribution in [0.2, 0.25) is 0 Å². The summed E-state index contributed by atoms with van der Waals surface area (Å²) in [5.74, 6) is -0.117. The van der Waals surface area contributed by atoms with Gasteiger partial charge in [-0.1, -0.05) is 0 Å². The molecule has 1 aromatic carbocycles. The Morgan fingerprint density at radius 1 is 1.26 bits per heavy atom. The number of hydrogen-bond donors (Lipinski definition) is 4. The van der Waals surface area contributed by atoms with Crippen LogP contribution in [-0.2, 0) is 0 Å². The van der Waals surface area contributed by atoms with Gasteiger partial charge in [0.1, 0.15) is 11.5 Å². The summed E-state index contributed by atoms with van der Waals surface area (Å²) >= 11 is 0. The molecule has 0 unspecified atom stereocenters. The minimum atomic E-state index is -0.313. The molecule has 0 aliphatic heterocycles. The molecular formula is C14H20N2O3. The molecule has 5 N–H and O–H groups in total. The first-order valence-electron chi connectivity index (χ1n) is 6.62. The maximum Gasteiger partial charge on any atom is 0.255 e. The summed E-state index contributed by atoms with van der Waals surface area (Å²) in [6.45, 7) is 0.603. The van der Waals surface area contributed by atoms with Crippen molar-refractivity contribution in [3.05, 3.63) is 23.8 Å². The van der Waals surface area contributed by atoms with Gasteiger partial charge in [0.15, 0.2) is 0 Å². The fourth-order valence-corrected chi connectivity index (χ4v) is 2.44. The molecule has 2 rings (SSSR count). The van der Waals surface area contributed by atoms with E-state index in [9.17, 15) is 15.0 Å². The SMILES string of the molecule is NC1CCC(CNC(=O)c2ccc(O)cc2O)CC1. The van der Waals surface area contributed by atoms with E-state index in [1.54, 1.807) is 0 Å². The van der Waals surface area contributed by atoms with Crippen LogP contribution >= 0.6 is 0 Å². The second-order valence-electron chi connectivity index (χ2n) is 5.19. The van der Waals surface area contributed by atoms with Gasteiger partial charge in [-0.2, -0.15) is 0 Å². The zero-order valence-electron chi connectivity index (χ0n) is 10.8. The van der Waals surface area contributed by atoms with Crippen LogP contribution in [0.1, 0.15) is 36.0 Å². The van der Waals surface area contributed by atoms with Crippen LogP contribution in [0.25, 0.3) is 0 Å². The number of nitrogens with one attached hydrogen (secondary N) is 1. The maximum atomic E-state index is 11.9. The molecule has 104 valence electrons. The van der Waals surface area contributed by atoms with Crippen molar-refractivity contribution in [2.45, 2.75) is 31.7 Å². The Morgan fingerprint density at radius 3 is 2.58 bits per heavy atom. The van der Waals surface area contributed by atoms with Crippen LogP contribution in [0.15, 0.2) is 18.2 Å². The van der Waals surface area contributed by atoms with Crippen LogP contribution < -0.4 is 11.1 Å². The monoisotopic (exact) mass is 264 g/mol. The van der Waals surface area contributed by atoms with Gasteiger partial charge in [0, 0.05) is 18.7 Å². The zero-order chi connectivity index (χ0) is 13.8. The highest BCUT2D eigenvalue weighted by molar-refractivity contribution is 5.96. The highest BCUT2D eigenvalue weighted by Gasteiger charge is 2.19. The molecule has 1 aliphatic rings. The third-order valence-corrected chi connectivity index (χ3v) is 3.67. The Labute approximate surface area is 112 Å². The van der Waals surface area contributed by atoms with Crippen LogP contribution in [0.4, 0.5) is 0 Å². The molecule has 5 heteroatoms. The number of benzene rings is 1. The second kappa shape index (κ2) is 5.93. The predicted octanol–water partition coefficient (Wildman–Crippen LogP) is 1.35. The molecule has 0 heterocycles. The van der Waals surface area contributed by atoms with Gasteiger partial charge in [0.05, 0.1) is 5.56 Å². The standard InChI is InChI=1S/C14H20N2O3/c15-10-3-1-9(2-4-10)8-16-14(19)12-6-5-11(17)7-13(12)18/h5-7,9-10,17-18H,1-4,8,15H2,(H,16,19). The first kappa shape index (κ1) is 13.7. The van der Waals surface area contributed by atoms with Crippen molar-refractivity contribution in [1.29, 1.82) is 0 Å². The Morgan fingerprint density at radius 2 is 1.95 bits per heavy atom.